The number of rotatable bonds is 2. The van der Waals surface area contributed by atoms with Crippen molar-refractivity contribution in [1.82, 2.24) is 0 Å². The van der Waals surface area contributed by atoms with Crippen molar-refractivity contribution >= 4 is 11.8 Å². The van der Waals surface area contributed by atoms with Crippen LogP contribution in [-0.2, 0) is 15.7 Å². The average molecular weight is 331 g/mol. The van der Waals surface area contributed by atoms with Gasteiger partial charge in [0.05, 0.1) is 17.9 Å². The van der Waals surface area contributed by atoms with E-state index in [-0.39, 0.29) is 24.4 Å². The largest absolute Gasteiger partial charge is 0.443 e. The molecule has 0 saturated carbocycles. The molecule has 4 nitrogen and oxygen atoms in total. The molecule has 2 rings (SSSR count). The van der Waals surface area contributed by atoms with E-state index in [1.807, 2.05) is 0 Å². The molecule has 128 valence electrons. The lowest BCUT2D eigenvalue weighted by Crippen LogP contribution is -2.36. The van der Waals surface area contributed by atoms with Crippen LogP contribution in [-0.4, -0.2) is 32.0 Å². The lowest BCUT2D eigenvalue weighted by atomic mass is 9.96. The van der Waals surface area contributed by atoms with Gasteiger partial charge in [-0.2, -0.15) is 13.2 Å². The molecule has 1 aromatic rings. The summed E-state index contributed by atoms with van der Waals surface area (Å²) in [7, 11) is 1.42. The Labute approximate surface area is 133 Å². The number of methoxy groups -OCH3 is 1. The van der Waals surface area contributed by atoms with Crippen molar-refractivity contribution in [3.05, 3.63) is 29.3 Å². The number of benzene rings is 1. The predicted octanol–water partition coefficient (Wildman–Crippen LogP) is 4.19. The summed E-state index contributed by atoms with van der Waals surface area (Å²) in [5.41, 5.74) is -1.13. The molecule has 1 atom stereocenters. The first-order chi connectivity index (χ1) is 10.5. The Balaban J connectivity index is 2.45. The summed E-state index contributed by atoms with van der Waals surface area (Å²) < 4.78 is 50.2. The Bertz CT molecular complexity index is 593. The van der Waals surface area contributed by atoms with Gasteiger partial charge in [0.15, 0.2) is 0 Å². The SMILES string of the molecule is COC[C@H]1CN(C(=O)OC(C)(C)C)c2cccc(C(F)(F)F)c21. The van der Waals surface area contributed by atoms with Crippen molar-refractivity contribution in [2.75, 3.05) is 25.2 Å². The number of halogens is 3. The minimum Gasteiger partial charge on any atom is -0.443 e. The van der Waals surface area contributed by atoms with Crippen LogP contribution >= 0.6 is 0 Å². The molecule has 0 unspecified atom stereocenters. The summed E-state index contributed by atoms with van der Waals surface area (Å²) >= 11 is 0. The van der Waals surface area contributed by atoms with E-state index in [4.69, 9.17) is 9.47 Å². The normalized spacial score (nSPS) is 18.0. The van der Waals surface area contributed by atoms with Crippen LogP contribution in [0.3, 0.4) is 0 Å². The number of anilines is 1. The maximum atomic E-state index is 13.3. The summed E-state index contributed by atoms with van der Waals surface area (Å²) in [4.78, 5) is 13.6. The fourth-order valence-corrected chi connectivity index (χ4v) is 2.70. The topological polar surface area (TPSA) is 38.8 Å². The van der Waals surface area contributed by atoms with Crippen LogP contribution in [0.5, 0.6) is 0 Å². The first-order valence-corrected chi connectivity index (χ1v) is 7.24. The molecule has 0 bridgehead atoms. The summed E-state index contributed by atoms with van der Waals surface area (Å²) in [6.45, 7) is 5.33. The van der Waals surface area contributed by atoms with Gasteiger partial charge < -0.3 is 9.47 Å². The molecule has 23 heavy (non-hydrogen) atoms. The zero-order valence-electron chi connectivity index (χ0n) is 13.5. The molecule has 0 saturated heterocycles. The second-order valence-electron chi connectivity index (χ2n) is 6.48. The number of carbonyl (C=O) groups excluding carboxylic acids is 1. The van der Waals surface area contributed by atoms with Crippen LogP contribution in [0.15, 0.2) is 18.2 Å². The zero-order valence-corrected chi connectivity index (χ0v) is 13.5. The Morgan fingerprint density at radius 3 is 2.48 bits per heavy atom. The number of carbonyl (C=O) groups is 1. The molecule has 1 aromatic carbocycles. The third-order valence-electron chi connectivity index (χ3n) is 3.47. The third-order valence-corrected chi connectivity index (χ3v) is 3.47. The molecule has 7 heteroatoms. The van der Waals surface area contributed by atoms with E-state index in [2.05, 4.69) is 0 Å². The van der Waals surface area contributed by atoms with Gasteiger partial charge in [-0.25, -0.2) is 4.79 Å². The molecule has 0 N–H and O–H groups in total. The Hall–Kier alpha value is -1.76. The quantitative estimate of drug-likeness (QED) is 0.816. The van der Waals surface area contributed by atoms with E-state index in [9.17, 15) is 18.0 Å². The molecule has 0 fully saturated rings. The van der Waals surface area contributed by atoms with Crippen LogP contribution in [0.25, 0.3) is 0 Å². The summed E-state index contributed by atoms with van der Waals surface area (Å²) in [5, 5.41) is 0. The number of hydrogen-bond acceptors (Lipinski definition) is 3. The van der Waals surface area contributed by atoms with Gasteiger partial charge in [-0.05, 0) is 38.5 Å². The number of fused-ring (bicyclic) bond motifs is 1. The third kappa shape index (κ3) is 3.77. The smallest absolute Gasteiger partial charge is 0.416 e. The highest BCUT2D eigenvalue weighted by Crippen LogP contribution is 2.45. The second-order valence-corrected chi connectivity index (χ2v) is 6.48. The lowest BCUT2D eigenvalue weighted by Gasteiger charge is -2.25. The highest BCUT2D eigenvalue weighted by atomic mass is 19.4. The molecule has 1 aliphatic rings. The Kier molecular flexibility index (Phi) is 4.61. The number of nitrogens with zero attached hydrogens (tertiary/aromatic N) is 1. The van der Waals surface area contributed by atoms with E-state index in [0.29, 0.717) is 0 Å². The molecular weight excluding hydrogens is 311 g/mol. The first-order valence-electron chi connectivity index (χ1n) is 7.24. The van der Waals surface area contributed by atoms with Crippen molar-refractivity contribution in [3.63, 3.8) is 0 Å². The van der Waals surface area contributed by atoms with Crippen LogP contribution in [0, 0.1) is 0 Å². The van der Waals surface area contributed by atoms with Crippen molar-refractivity contribution in [1.29, 1.82) is 0 Å². The van der Waals surface area contributed by atoms with Crippen LogP contribution in [0.2, 0.25) is 0 Å². The number of hydrogen-bond donors (Lipinski definition) is 0. The molecule has 1 aliphatic heterocycles. The van der Waals surface area contributed by atoms with Gasteiger partial charge in [-0.3, -0.25) is 4.90 Å². The van der Waals surface area contributed by atoms with Gasteiger partial charge in [0.1, 0.15) is 5.60 Å². The fourth-order valence-electron chi connectivity index (χ4n) is 2.70. The molecule has 1 heterocycles. The Morgan fingerprint density at radius 1 is 1.30 bits per heavy atom. The van der Waals surface area contributed by atoms with Gasteiger partial charge in [0.2, 0.25) is 0 Å². The minimum atomic E-state index is -4.48. The van der Waals surface area contributed by atoms with E-state index < -0.39 is 29.4 Å². The van der Waals surface area contributed by atoms with E-state index in [1.54, 1.807) is 20.8 Å². The van der Waals surface area contributed by atoms with E-state index in [0.717, 1.165) is 6.07 Å². The molecule has 0 aliphatic carbocycles. The lowest BCUT2D eigenvalue weighted by molar-refractivity contribution is -0.138. The van der Waals surface area contributed by atoms with Gasteiger partial charge in [-0.1, -0.05) is 6.07 Å². The highest BCUT2D eigenvalue weighted by molar-refractivity contribution is 5.91. The number of amides is 1. The van der Waals surface area contributed by atoms with E-state index >= 15 is 0 Å². The monoisotopic (exact) mass is 331 g/mol. The summed E-state index contributed by atoms with van der Waals surface area (Å²) in [6, 6.07) is 3.83. The second kappa shape index (κ2) is 6.03. The van der Waals surface area contributed by atoms with Gasteiger partial charge in [-0.15, -0.1) is 0 Å². The summed E-state index contributed by atoms with van der Waals surface area (Å²) in [5.74, 6) is -0.541. The van der Waals surface area contributed by atoms with Crippen LogP contribution in [0.1, 0.15) is 37.8 Å². The van der Waals surface area contributed by atoms with Crippen LogP contribution < -0.4 is 4.90 Å². The van der Waals surface area contributed by atoms with Gasteiger partial charge in [0, 0.05) is 19.6 Å². The predicted molar refractivity (Wildman–Crippen MR) is 79.6 cm³/mol. The fraction of sp³-hybridized carbons (Fsp3) is 0.562. The first kappa shape index (κ1) is 17.6. The molecule has 0 aromatic heterocycles. The highest BCUT2D eigenvalue weighted by Gasteiger charge is 2.42. The Morgan fingerprint density at radius 2 is 1.96 bits per heavy atom. The molecule has 1 amide bonds. The summed E-state index contributed by atoms with van der Waals surface area (Å²) in [6.07, 6.45) is -5.14. The van der Waals surface area contributed by atoms with Gasteiger partial charge in [0.25, 0.3) is 0 Å². The maximum Gasteiger partial charge on any atom is 0.416 e. The number of ether oxygens (including phenoxy) is 2. The average Bonchev–Trinajstić information content (AvgIpc) is 2.75. The van der Waals surface area contributed by atoms with Crippen molar-refractivity contribution in [2.24, 2.45) is 0 Å². The molecule has 0 radical (unpaired) electrons. The van der Waals surface area contributed by atoms with Crippen molar-refractivity contribution in [3.8, 4) is 0 Å². The number of alkyl halides is 3. The van der Waals surface area contributed by atoms with E-state index in [1.165, 1.54) is 24.1 Å². The maximum absolute atomic E-state index is 13.3. The van der Waals surface area contributed by atoms with Crippen molar-refractivity contribution in [2.45, 2.75) is 38.5 Å². The zero-order chi connectivity index (χ0) is 17.4. The van der Waals surface area contributed by atoms with Gasteiger partial charge >= 0.3 is 12.3 Å². The molecule has 0 spiro atoms. The molecular formula is C16H20F3NO3. The minimum absolute atomic E-state index is 0.0905. The van der Waals surface area contributed by atoms with Crippen molar-refractivity contribution < 1.29 is 27.4 Å². The standard InChI is InChI=1S/C16H20F3NO3/c1-15(2,3)23-14(21)20-8-10(9-22-4)13-11(16(17,18)19)6-5-7-12(13)20/h5-7,10H,8-9H2,1-4H3/t10-/m1/s1. The van der Waals surface area contributed by atoms with Crippen LogP contribution in [0.4, 0.5) is 23.7 Å².